The zero-order valence-electron chi connectivity index (χ0n) is 4.21. The molecular formula is C6H6ClO. The fourth-order valence-corrected chi connectivity index (χ4v) is 0.663. The molecule has 2 heteroatoms. The highest BCUT2D eigenvalue weighted by Gasteiger charge is 2.12. The molecule has 1 unspecified atom stereocenters. The minimum absolute atomic E-state index is 0.217. The molecule has 0 bridgehead atoms. The third-order valence-corrected chi connectivity index (χ3v) is 1.31. The maximum Gasteiger partial charge on any atom is 0.137 e. The lowest BCUT2D eigenvalue weighted by atomic mass is 10.1. The molecule has 1 N–H and O–H groups in total. The van der Waals surface area contributed by atoms with Crippen molar-refractivity contribution in [3.8, 4) is 0 Å². The van der Waals surface area contributed by atoms with Crippen molar-refractivity contribution in [2.45, 2.75) is 5.38 Å². The van der Waals surface area contributed by atoms with E-state index in [1.165, 1.54) is 0 Å². The monoisotopic (exact) mass is 129 g/mol. The van der Waals surface area contributed by atoms with Crippen LogP contribution < -0.4 is 0 Å². The van der Waals surface area contributed by atoms with Crippen LogP contribution in [0.2, 0.25) is 0 Å². The van der Waals surface area contributed by atoms with Gasteiger partial charge in [-0.1, -0.05) is 18.2 Å². The Morgan fingerprint density at radius 1 is 1.50 bits per heavy atom. The summed E-state index contributed by atoms with van der Waals surface area (Å²) in [6, 6.07) is 0. The van der Waals surface area contributed by atoms with Crippen molar-refractivity contribution in [2.75, 3.05) is 0 Å². The van der Waals surface area contributed by atoms with Crippen LogP contribution in [0.15, 0.2) is 24.3 Å². The molecule has 0 aliphatic heterocycles. The number of hydrogen-bond donors (Lipinski definition) is 1. The smallest absolute Gasteiger partial charge is 0.137 e. The molecule has 0 aromatic heterocycles. The number of alkyl halides is 1. The maximum absolute atomic E-state index is 8.82. The number of rotatable bonds is 0. The van der Waals surface area contributed by atoms with Crippen LogP contribution >= 0.6 is 11.6 Å². The molecule has 1 aliphatic rings. The average Bonchev–Trinajstić information content (AvgIpc) is 1.77. The molecule has 0 heterocycles. The maximum atomic E-state index is 8.82. The standard InChI is InChI=1S/C6H6ClO/c7-5-3-1-2-4-6(5)8/h1-5,8H. The summed E-state index contributed by atoms with van der Waals surface area (Å²) in [6.07, 6.45) is 7.06. The van der Waals surface area contributed by atoms with Crippen molar-refractivity contribution in [1.82, 2.24) is 0 Å². The predicted octanol–water partition coefficient (Wildman–Crippen LogP) is 1.62. The van der Waals surface area contributed by atoms with E-state index in [-0.39, 0.29) is 11.5 Å². The molecule has 0 aromatic rings. The summed E-state index contributed by atoms with van der Waals surface area (Å²) >= 11 is 5.54. The topological polar surface area (TPSA) is 20.2 Å². The molecule has 0 saturated heterocycles. The number of halogens is 1. The second-order valence-corrected chi connectivity index (χ2v) is 2.04. The average molecular weight is 130 g/mol. The SMILES string of the molecule is O[C]1C=CC=CC1Cl. The highest BCUT2D eigenvalue weighted by Crippen LogP contribution is 2.16. The van der Waals surface area contributed by atoms with Crippen LogP contribution in [-0.2, 0) is 0 Å². The van der Waals surface area contributed by atoms with Gasteiger partial charge >= 0.3 is 0 Å². The summed E-state index contributed by atoms with van der Waals surface area (Å²) < 4.78 is 0. The minimum atomic E-state index is -0.319. The Labute approximate surface area is 53.3 Å². The summed E-state index contributed by atoms with van der Waals surface area (Å²) in [5, 5.41) is 8.50. The van der Waals surface area contributed by atoms with Crippen molar-refractivity contribution in [3.63, 3.8) is 0 Å². The Kier molecular flexibility index (Phi) is 1.71. The molecule has 0 fully saturated rings. The van der Waals surface area contributed by atoms with Gasteiger partial charge in [0, 0.05) is 0 Å². The second-order valence-electron chi connectivity index (χ2n) is 1.57. The third-order valence-electron chi connectivity index (χ3n) is 0.941. The van der Waals surface area contributed by atoms with E-state index in [2.05, 4.69) is 0 Å². The molecule has 0 saturated carbocycles. The number of allylic oxidation sites excluding steroid dienone is 2. The highest BCUT2D eigenvalue weighted by molar-refractivity contribution is 6.23. The fourth-order valence-electron chi connectivity index (χ4n) is 0.506. The first-order valence-electron chi connectivity index (χ1n) is 2.35. The van der Waals surface area contributed by atoms with Crippen LogP contribution in [0.25, 0.3) is 0 Å². The fraction of sp³-hybridized carbons (Fsp3) is 0.167. The summed E-state index contributed by atoms with van der Waals surface area (Å²) in [6.45, 7) is 0. The van der Waals surface area contributed by atoms with Crippen molar-refractivity contribution in [1.29, 1.82) is 0 Å². The lowest BCUT2D eigenvalue weighted by Gasteiger charge is -2.08. The summed E-state index contributed by atoms with van der Waals surface area (Å²) in [7, 11) is 0. The number of aliphatic hydroxyl groups excluding tert-OH is 1. The Balaban J connectivity index is 2.59. The Bertz CT molecular complexity index is 112. The summed E-state index contributed by atoms with van der Waals surface area (Å²) in [5.74, 6) is 0. The van der Waals surface area contributed by atoms with Crippen molar-refractivity contribution in [2.24, 2.45) is 0 Å². The van der Waals surface area contributed by atoms with Gasteiger partial charge in [-0.15, -0.1) is 11.6 Å². The van der Waals surface area contributed by atoms with Gasteiger partial charge in [0.05, 0.1) is 5.38 Å². The van der Waals surface area contributed by atoms with Gasteiger partial charge in [-0.3, -0.25) is 0 Å². The zero-order valence-corrected chi connectivity index (χ0v) is 4.97. The first-order chi connectivity index (χ1) is 3.80. The summed E-state index contributed by atoms with van der Waals surface area (Å²) in [5.41, 5.74) is 0. The highest BCUT2D eigenvalue weighted by atomic mass is 35.5. The van der Waals surface area contributed by atoms with Crippen LogP contribution in [0.3, 0.4) is 0 Å². The largest absolute Gasteiger partial charge is 0.380 e. The van der Waals surface area contributed by atoms with Crippen molar-refractivity contribution in [3.05, 3.63) is 30.4 Å². The molecule has 43 valence electrons. The quantitative estimate of drug-likeness (QED) is 0.493. The van der Waals surface area contributed by atoms with E-state index in [0.717, 1.165) is 0 Å². The van der Waals surface area contributed by atoms with Gasteiger partial charge in [0.2, 0.25) is 0 Å². The Morgan fingerprint density at radius 3 is 2.62 bits per heavy atom. The molecule has 0 amide bonds. The zero-order chi connectivity index (χ0) is 5.98. The van der Waals surface area contributed by atoms with Crippen molar-refractivity contribution >= 4 is 11.6 Å². The van der Waals surface area contributed by atoms with Gasteiger partial charge in [-0.05, 0) is 6.08 Å². The molecule has 0 spiro atoms. The van der Waals surface area contributed by atoms with Crippen LogP contribution in [0.1, 0.15) is 0 Å². The molecule has 8 heavy (non-hydrogen) atoms. The van der Waals surface area contributed by atoms with Crippen molar-refractivity contribution < 1.29 is 5.11 Å². The number of aliphatic hydroxyl groups is 1. The van der Waals surface area contributed by atoms with E-state index in [1.807, 2.05) is 0 Å². The van der Waals surface area contributed by atoms with Gasteiger partial charge in [-0.2, -0.15) is 0 Å². The van der Waals surface area contributed by atoms with Gasteiger partial charge in [-0.25, -0.2) is 0 Å². The van der Waals surface area contributed by atoms with E-state index in [1.54, 1.807) is 24.3 Å². The van der Waals surface area contributed by atoms with E-state index in [0.29, 0.717) is 0 Å². The Morgan fingerprint density at radius 2 is 2.25 bits per heavy atom. The van der Waals surface area contributed by atoms with Crippen LogP contribution in [0, 0.1) is 6.10 Å². The molecule has 1 atom stereocenters. The molecular weight excluding hydrogens is 124 g/mol. The van der Waals surface area contributed by atoms with Crippen LogP contribution in [0.5, 0.6) is 0 Å². The van der Waals surface area contributed by atoms with E-state index in [4.69, 9.17) is 16.7 Å². The lowest BCUT2D eigenvalue weighted by molar-refractivity contribution is 0.334. The summed E-state index contributed by atoms with van der Waals surface area (Å²) in [4.78, 5) is 0. The molecule has 1 aliphatic carbocycles. The lowest BCUT2D eigenvalue weighted by Crippen LogP contribution is -2.07. The van der Waals surface area contributed by atoms with Gasteiger partial charge in [0.25, 0.3) is 0 Å². The molecule has 0 aromatic carbocycles. The predicted molar refractivity (Wildman–Crippen MR) is 33.1 cm³/mol. The van der Waals surface area contributed by atoms with E-state index in [9.17, 15) is 0 Å². The molecule has 1 nitrogen and oxygen atoms in total. The minimum Gasteiger partial charge on any atom is -0.380 e. The first-order valence-corrected chi connectivity index (χ1v) is 2.79. The number of hydrogen-bond acceptors (Lipinski definition) is 1. The van der Waals surface area contributed by atoms with Gasteiger partial charge in [0.15, 0.2) is 0 Å². The van der Waals surface area contributed by atoms with E-state index >= 15 is 0 Å². The van der Waals surface area contributed by atoms with E-state index < -0.39 is 0 Å². The molecule has 1 rings (SSSR count). The van der Waals surface area contributed by atoms with Crippen LogP contribution in [-0.4, -0.2) is 10.5 Å². The van der Waals surface area contributed by atoms with Gasteiger partial charge < -0.3 is 5.11 Å². The van der Waals surface area contributed by atoms with Gasteiger partial charge in [0.1, 0.15) is 6.10 Å². The Hall–Kier alpha value is -0.270. The first kappa shape index (κ1) is 5.86. The third kappa shape index (κ3) is 1.11. The van der Waals surface area contributed by atoms with Crippen LogP contribution in [0.4, 0.5) is 0 Å². The molecule has 1 radical (unpaired) electrons. The normalized spacial score (nSPS) is 29.0. The second kappa shape index (κ2) is 2.33.